The quantitative estimate of drug-likeness (QED) is 0.163. The molecule has 0 aliphatic carbocycles. The Morgan fingerprint density at radius 2 is 1.23 bits per heavy atom. The van der Waals surface area contributed by atoms with Gasteiger partial charge in [-0.2, -0.15) is 0 Å². The molecule has 6 heterocycles. The van der Waals surface area contributed by atoms with Gasteiger partial charge in [0, 0.05) is 96.9 Å². The maximum Gasteiger partial charge on any atom is 0.160 e. The van der Waals surface area contributed by atoms with Gasteiger partial charge in [0.2, 0.25) is 0 Å². The molecular formula is C54H34F4N6O. The lowest BCUT2D eigenvalue weighted by atomic mass is 9.95. The zero-order valence-electron chi connectivity index (χ0n) is 35.0. The van der Waals surface area contributed by atoms with Crippen molar-refractivity contribution in [2.24, 2.45) is 0 Å². The lowest BCUT2D eigenvalue weighted by Gasteiger charge is -2.13. The van der Waals surface area contributed by atoms with E-state index in [1.807, 2.05) is 48.8 Å². The minimum Gasteiger partial charge on any atom is -0.494 e. The third kappa shape index (κ3) is 6.14. The number of fused-ring (bicyclic) bond motifs is 6. The summed E-state index contributed by atoms with van der Waals surface area (Å²) in [7, 11) is 1.59. The second kappa shape index (κ2) is 14.4. The van der Waals surface area contributed by atoms with E-state index >= 15 is 4.39 Å². The van der Waals surface area contributed by atoms with Crippen LogP contribution in [0.15, 0.2) is 140 Å². The van der Waals surface area contributed by atoms with E-state index in [1.54, 1.807) is 36.1 Å². The minimum atomic E-state index is -0.996. The lowest BCUT2D eigenvalue weighted by molar-refractivity contribution is 0.419. The predicted molar refractivity (Wildman–Crippen MR) is 250 cm³/mol. The molecule has 0 atom stereocenters. The highest BCUT2D eigenvalue weighted by molar-refractivity contribution is 6.06. The van der Waals surface area contributed by atoms with Crippen LogP contribution in [0, 0.1) is 37.1 Å². The number of benzene rings is 6. The summed E-state index contributed by atoms with van der Waals surface area (Å²) in [6.07, 6.45) is 5.67. The number of hydrogen-bond donors (Lipinski definition) is 2. The number of pyridine rings is 3. The largest absolute Gasteiger partial charge is 0.494 e. The van der Waals surface area contributed by atoms with E-state index in [1.165, 1.54) is 36.4 Å². The standard InChI is InChI=1S/C54H34F4N6O/c1-27-16-49(63-53-35(27)5-4-6-36(53)31-15-28(2)52-38(18-31)40(24-59-52)46-13-9-30-17-32(55)11-14-45(30)61-46)41-25-60-54-39(41)20-34(21-51(54)65-3)64-26-42(37-22-43(57)44(58)23-50(37)64)47-12-8-29-7-10-33(56)19-48(29)62-47/h4-26,59-60H,1-3H3. The number of methoxy groups -OCH3 is 1. The van der Waals surface area contributed by atoms with Gasteiger partial charge in [-0.1, -0.05) is 30.3 Å². The third-order valence-corrected chi connectivity index (χ3v) is 12.6. The number of aromatic amines is 2. The van der Waals surface area contributed by atoms with Crippen LogP contribution in [0.25, 0.3) is 116 Å². The number of halogens is 4. The molecule has 6 aromatic carbocycles. The number of hydrogen-bond acceptors (Lipinski definition) is 4. The van der Waals surface area contributed by atoms with Gasteiger partial charge >= 0.3 is 0 Å². The number of H-pyrrole nitrogens is 2. The van der Waals surface area contributed by atoms with Crippen molar-refractivity contribution in [1.29, 1.82) is 0 Å². The molecule has 0 amide bonds. The van der Waals surface area contributed by atoms with E-state index in [9.17, 15) is 13.2 Å². The summed E-state index contributed by atoms with van der Waals surface area (Å²) in [5.74, 6) is -2.18. The van der Waals surface area contributed by atoms with Crippen LogP contribution in [-0.2, 0) is 0 Å². The molecule has 6 aromatic heterocycles. The Kier molecular flexibility index (Phi) is 8.48. The number of nitrogens with one attached hydrogen (secondary N) is 2. The Balaban J connectivity index is 1.01. The molecule has 0 unspecified atom stereocenters. The van der Waals surface area contributed by atoms with Crippen molar-refractivity contribution in [3.63, 3.8) is 0 Å². The van der Waals surface area contributed by atoms with E-state index in [4.69, 9.17) is 19.7 Å². The van der Waals surface area contributed by atoms with Crippen LogP contribution in [0.2, 0.25) is 0 Å². The molecule has 7 nitrogen and oxygen atoms in total. The number of rotatable bonds is 6. The number of para-hydroxylation sites is 1. The molecule has 0 saturated heterocycles. The molecule has 12 aromatic rings. The first-order valence-electron chi connectivity index (χ1n) is 20.9. The molecule has 0 spiro atoms. The van der Waals surface area contributed by atoms with Crippen molar-refractivity contribution in [3.8, 4) is 56.3 Å². The van der Waals surface area contributed by atoms with E-state index in [0.717, 1.165) is 88.2 Å². The summed E-state index contributed by atoms with van der Waals surface area (Å²) in [6.45, 7) is 4.15. The zero-order chi connectivity index (χ0) is 44.2. The summed E-state index contributed by atoms with van der Waals surface area (Å²) in [6, 6.07) is 35.2. The molecule has 0 radical (unpaired) electrons. The van der Waals surface area contributed by atoms with E-state index < -0.39 is 17.5 Å². The molecule has 0 fully saturated rings. The number of aromatic nitrogens is 6. The van der Waals surface area contributed by atoms with Crippen LogP contribution in [0.3, 0.4) is 0 Å². The first-order chi connectivity index (χ1) is 31.6. The molecule has 0 aliphatic rings. The number of nitrogens with zero attached hydrogens (tertiary/aromatic N) is 4. The zero-order valence-corrected chi connectivity index (χ0v) is 35.0. The van der Waals surface area contributed by atoms with Crippen LogP contribution < -0.4 is 4.74 Å². The van der Waals surface area contributed by atoms with Crippen LogP contribution in [0.5, 0.6) is 5.75 Å². The maximum absolute atomic E-state index is 15.1. The Labute approximate surface area is 367 Å². The third-order valence-electron chi connectivity index (χ3n) is 12.6. The van der Waals surface area contributed by atoms with Gasteiger partial charge < -0.3 is 19.3 Å². The average Bonchev–Trinajstić information content (AvgIpc) is 4.04. The van der Waals surface area contributed by atoms with Gasteiger partial charge in [0.15, 0.2) is 11.6 Å². The normalized spacial score (nSPS) is 11.9. The lowest BCUT2D eigenvalue weighted by Crippen LogP contribution is -1.96. The van der Waals surface area contributed by atoms with Crippen LogP contribution in [-0.4, -0.2) is 36.6 Å². The van der Waals surface area contributed by atoms with Crippen LogP contribution in [0.1, 0.15) is 11.1 Å². The van der Waals surface area contributed by atoms with E-state index in [2.05, 4.69) is 54.1 Å². The second-order valence-corrected chi connectivity index (χ2v) is 16.5. The molecule has 2 N–H and O–H groups in total. The highest BCUT2D eigenvalue weighted by Gasteiger charge is 2.21. The molecule has 65 heavy (non-hydrogen) atoms. The molecule has 0 saturated carbocycles. The topological polar surface area (TPSA) is 84.4 Å². The van der Waals surface area contributed by atoms with Gasteiger partial charge in [0.25, 0.3) is 0 Å². The highest BCUT2D eigenvalue weighted by Crippen LogP contribution is 2.42. The Morgan fingerprint density at radius 1 is 0.523 bits per heavy atom. The minimum absolute atomic E-state index is 0.302. The average molecular weight is 859 g/mol. The smallest absolute Gasteiger partial charge is 0.160 e. The summed E-state index contributed by atoms with van der Waals surface area (Å²) in [5.41, 5.74) is 13.0. The fraction of sp³-hybridized carbons (Fsp3) is 0.0556. The van der Waals surface area contributed by atoms with Crippen molar-refractivity contribution < 1.29 is 22.3 Å². The Bertz CT molecular complexity index is 3980. The van der Waals surface area contributed by atoms with Gasteiger partial charge in [0.05, 0.1) is 57.5 Å². The Morgan fingerprint density at radius 3 is 2.08 bits per heavy atom. The number of aryl methyl sites for hydroxylation is 2. The van der Waals surface area contributed by atoms with Crippen molar-refractivity contribution in [2.45, 2.75) is 13.8 Å². The van der Waals surface area contributed by atoms with Crippen LogP contribution >= 0.6 is 0 Å². The van der Waals surface area contributed by atoms with Crippen molar-refractivity contribution in [1.82, 2.24) is 29.5 Å². The van der Waals surface area contributed by atoms with E-state index in [-0.39, 0.29) is 5.82 Å². The predicted octanol–water partition coefficient (Wildman–Crippen LogP) is 14.1. The molecule has 11 heteroatoms. The first kappa shape index (κ1) is 38.4. The van der Waals surface area contributed by atoms with Gasteiger partial charge in [-0.05, 0) is 103 Å². The second-order valence-electron chi connectivity index (χ2n) is 16.5. The summed E-state index contributed by atoms with van der Waals surface area (Å²) in [4.78, 5) is 21.9. The fourth-order valence-corrected chi connectivity index (χ4v) is 9.39. The van der Waals surface area contributed by atoms with E-state index in [0.29, 0.717) is 44.6 Å². The summed E-state index contributed by atoms with van der Waals surface area (Å²) >= 11 is 0. The molecule has 0 bridgehead atoms. The van der Waals surface area contributed by atoms with Gasteiger partial charge in [-0.15, -0.1) is 0 Å². The van der Waals surface area contributed by atoms with Crippen molar-refractivity contribution in [2.75, 3.05) is 7.11 Å². The fourth-order valence-electron chi connectivity index (χ4n) is 9.39. The SMILES string of the molecule is COc1cc(-n2cc(-c3ccc4ccc(F)cc4n3)c3cc(F)c(F)cc32)cc2c(-c3cc(C)c4cccc(-c5cc(C)c6[nH]cc(-c7ccc8cc(F)ccc8n7)c6c5)c4n3)c[nH]c12. The van der Waals surface area contributed by atoms with Gasteiger partial charge in [-0.25, -0.2) is 32.5 Å². The maximum atomic E-state index is 15.1. The molecule has 0 aliphatic heterocycles. The highest BCUT2D eigenvalue weighted by atomic mass is 19.2. The monoisotopic (exact) mass is 858 g/mol. The van der Waals surface area contributed by atoms with Gasteiger partial charge in [0.1, 0.15) is 17.4 Å². The van der Waals surface area contributed by atoms with Crippen LogP contribution in [0.4, 0.5) is 17.6 Å². The molecular weight excluding hydrogens is 825 g/mol. The number of ether oxygens (including phenoxy) is 1. The van der Waals surface area contributed by atoms with Crippen molar-refractivity contribution in [3.05, 3.63) is 174 Å². The Hall–Kier alpha value is -8.31. The van der Waals surface area contributed by atoms with Crippen molar-refractivity contribution >= 4 is 65.4 Å². The van der Waals surface area contributed by atoms with Gasteiger partial charge in [-0.3, -0.25) is 0 Å². The first-order valence-corrected chi connectivity index (χ1v) is 20.9. The molecule has 12 rings (SSSR count). The summed E-state index contributed by atoms with van der Waals surface area (Å²) in [5, 5.41) is 4.72. The molecule has 314 valence electrons. The summed E-state index contributed by atoms with van der Waals surface area (Å²) < 4.78 is 66.1.